The number of nitrogens with zero attached hydrogens (tertiary/aromatic N) is 1. The molecule has 0 amide bonds. The van der Waals surface area contributed by atoms with E-state index < -0.39 is 5.60 Å². The van der Waals surface area contributed by atoms with E-state index in [-0.39, 0.29) is 5.97 Å². The van der Waals surface area contributed by atoms with Crippen molar-refractivity contribution < 1.29 is 14.3 Å². The van der Waals surface area contributed by atoms with Gasteiger partial charge in [-0.15, -0.1) is 0 Å². The molecular weight excluding hydrogens is 398 g/mol. The van der Waals surface area contributed by atoms with Crippen LogP contribution in [0.4, 0.5) is 0 Å². The van der Waals surface area contributed by atoms with E-state index in [0.29, 0.717) is 6.61 Å². The first-order valence-electron chi connectivity index (χ1n) is 11.9. The van der Waals surface area contributed by atoms with E-state index in [0.717, 1.165) is 53.6 Å². The lowest BCUT2D eigenvalue weighted by Gasteiger charge is -2.35. The first-order valence-corrected chi connectivity index (χ1v) is 11.9. The quantitative estimate of drug-likeness (QED) is 0.404. The van der Waals surface area contributed by atoms with E-state index in [2.05, 4.69) is 29.2 Å². The topological polar surface area (TPSA) is 48.4 Å². The summed E-state index contributed by atoms with van der Waals surface area (Å²) >= 11 is 0. The molecule has 0 aliphatic heterocycles. The minimum Gasteiger partial charge on any atom is -0.487 e. The molecule has 168 valence electrons. The highest BCUT2D eigenvalue weighted by atomic mass is 16.6. The van der Waals surface area contributed by atoms with Crippen molar-refractivity contribution in [1.82, 2.24) is 4.98 Å². The standard InChI is InChI=1S/C28H33NO3/c1-22(30)32-28(19-9-5-3-2-4-6-10-20-28)24-14-17-26(18-15-24)31-21-25-16-13-23-11-7-8-12-27(23)29-25/h7-8,11-18H,2-6,9-10,19-21H2,1H3. The van der Waals surface area contributed by atoms with Crippen molar-refractivity contribution in [2.75, 3.05) is 0 Å². The van der Waals surface area contributed by atoms with Gasteiger partial charge in [0.25, 0.3) is 0 Å². The summed E-state index contributed by atoms with van der Waals surface area (Å²) in [5.41, 5.74) is 2.42. The molecule has 1 aromatic heterocycles. The molecule has 0 bridgehead atoms. The molecule has 1 aliphatic rings. The van der Waals surface area contributed by atoms with Gasteiger partial charge in [-0.3, -0.25) is 4.79 Å². The number of rotatable bonds is 5. The molecule has 4 nitrogen and oxygen atoms in total. The number of hydrogen-bond acceptors (Lipinski definition) is 4. The Balaban J connectivity index is 1.47. The second kappa shape index (κ2) is 10.6. The van der Waals surface area contributed by atoms with Crippen LogP contribution in [0.15, 0.2) is 60.7 Å². The molecule has 1 saturated carbocycles. The van der Waals surface area contributed by atoms with Gasteiger partial charge in [0, 0.05) is 12.3 Å². The van der Waals surface area contributed by atoms with Crippen LogP contribution in [0.25, 0.3) is 10.9 Å². The van der Waals surface area contributed by atoms with Crippen molar-refractivity contribution in [1.29, 1.82) is 0 Å². The van der Waals surface area contributed by atoms with Gasteiger partial charge in [-0.05, 0) is 55.5 Å². The van der Waals surface area contributed by atoms with Crippen molar-refractivity contribution in [3.63, 3.8) is 0 Å². The molecule has 3 aromatic rings. The maximum atomic E-state index is 12.0. The van der Waals surface area contributed by atoms with Crippen LogP contribution >= 0.6 is 0 Å². The average molecular weight is 432 g/mol. The first-order chi connectivity index (χ1) is 15.6. The zero-order valence-electron chi connectivity index (χ0n) is 19.0. The van der Waals surface area contributed by atoms with Gasteiger partial charge in [-0.1, -0.05) is 68.5 Å². The number of aromatic nitrogens is 1. The van der Waals surface area contributed by atoms with Gasteiger partial charge in [-0.25, -0.2) is 4.98 Å². The molecule has 1 heterocycles. The molecule has 0 unspecified atom stereocenters. The summed E-state index contributed by atoms with van der Waals surface area (Å²) in [7, 11) is 0. The van der Waals surface area contributed by atoms with E-state index in [1.165, 1.54) is 39.0 Å². The van der Waals surface area contributed by atoms with E-state index >= 15 is 0 Å². The Kier molecular flexibility index (Phi) is 7.41. The molecule has 1 fully saturated rings. The lowest BCUT2D eigenvalue weighted by Crippen LogP contribution is -2.32. The molecule has 0 N–H and O–H groups in total. The van der Waals surface area contributed by atoms with E-state index in [1.807, 2.05) is 36.4 Å². The summed E-state index contributed by atoms with van der Waals surface area (Å²) < 4.78 is 12.0. The highest BCUT2D eigenvalue weighted by molar-refractivity contribution is 5.78. The minimum absolute atomic E-state index is 0.204. The third-order valence-corrected chi connectivity index (χ3v) is 6.42. The van der Waals surface area contributed by atoms with E-state index in [1.54, 1.807) is 0 Å². The predicted octanol–water partition coefficient (Wildman–Crippen LogP) is 7.10. The number of carbonyl (C=O) groups is 1. The van der Waals surface area contributed by atoms with E-state index in [4.69, 9.17) is 9.47 Å². The number of fused-ring (bicyclic) bond motifs is 1. The van der Waals surface area contributed by atoms with Crippen LogP contribution in [-0.2, 0) is 21.7 Å². The Hall–Kier alpha value is -2.88. The van der Waals surface area contributed by atoms with Gasteiger partial charge < -0.3 is 9.47 Å². The van der Waals surface area contributed by atoms with Gasteiger partial charge in [-0.2, -0.15) is 0 Å². The number of para-hydroxylation sites is 1. The summed E-state index contributed by atoms with van der Waals surface area (Å²) in [4.78, 5) is 16.7. The molecule has 0 radical (unpaired) electrons. The lowest BCUT2D eigenvalue weighted by molar-refractivity contribution is -0.160. The minimum atomic E-state index is -0.526. The van der Waals surface area contributed by atoms with Crippen LogP contribution < -0.4 is 4.74 Å². The molecule has 1 aliphatic carbocycles. The number of ether oxygens (including phenoxy) is 2. The van der Waals surface area contributed by atoms with Crippen molar-refractivity contribution >= 4 is 16.9 Å². The van der Waals surface area contributed by atoms with Gasteiger partial charge >= 0.3 is 5.97 Å². The lowest BCUT2D eigenvalue weighted by atomic mass is 9.82. The Labute approximate surface area is 191 Å². The molecule has 4 heteroatoms. The Morgan fingerprint density at radius 1 is 0.844 bits per heavy atom. The van der Waals surface area contributed by atoms with Crippen molar-refractivity contribution in [3.05, 3.63) is 71.9 Å². The zero-order chi connectivity index (χ0) is 22.2. The number of pyridine rings is 1. The predicted molar refractivity (Wildman–Crippen MR) is 128 cm³/mol. The third kappa shape index (κ3) is 5.67. The van der Waals surface area contributed by atoms with Crippen LogP contribution in [-0.4, -0.2) is 11.0 Å². The maximum Gasteiger partial charge on any atom is 0.303 e. The van der Waals surface area contributed by atoms with Gasteiger partial charge in [0.05, 0.1) is 11.2 Å². The number of carbonyl (C=O) groups excluding carboxylic acids is 1. The van der Waals surface area contributed by atoms with Crippen LogP contribution in [0.2, 0.25) is 0 Å². The fourth-order valence-corrected chi connectivity index (χ4v) is 4.76. The highest BCUT2D eigenvalue weighted by Crippen LogP contribution is 2.39. The van der Waals surface area contributed by atoms with Crippen molar-refractivity contribution in [2.45, 2.75) is 76.9 Å². The molecule has 0 atom stereocenters. The first kappa shape index (κ1) is 22.3. The number of esters is 1. The normalized spacial score (nSPS) is 16.9. The smallest absolute Gasteiger partial charge is 0.303 e. The van der Waals surface area contributed by atoms with Gasteiger partial charge in [0.1, 0.15) is 18.0 Å². The largest absolute Gasteiger partial charge is 0.487 e. The van der Waals surface area contributed by atoms with Crippen LogP contribution in [0.3, 0.4) is 0 Å². The maximum absolute atomic E-state index is 12.0. The fraction of sp³-hybridized carbons (Fsp3) is 0.429. The van der Waals surface area contributed by atoms with Gasteiger partial charge in [0.15, 0.2) is 0 Å². The Bertz CT molecular complexity index is 1020. The molecule has 2 aromatic carbocycles. The summed E-state index contributed by atoms with van der Waals surface area (Å²) in [6, 6.07) is 20.3. The average Bonchev–Trinajstić information content (AvgIpc) is 2.81. The summed E-state index contributed by atoms with van der Waals surface area (Å²) in [5.74, 6) is 0.589. The van der Waals surface area contributed by atoms with Crippen molar-refractivity contribution in [2.24, 2.45) is 0 Å². The second-order valence-electron chi connectivity index (χ2n) is 8.87. The van der Waals surface area contributed by atoms with Crippen molar-refractivity contribution in [3.8, 4) is 5.75 Å². The molecule has 4 rings (SSSR count). The molecule has 0 saturated heterocycles. The summed E-state index contributed by atoms with van der Waals surface area (Å²) in [5, 5.41) is 1.13. The van der Waals surface area contributed by atoms with Crippen LogP contribution in [0.5, 0.6) is 5.75 Å². The monoisotopic (exact) mass is 431 g/mol. The third-order valence-electron chi connectivity index (χ3n) is 6.42. The van der Waals surface area contributed by atoms with E-state index in [9.17, 15) is 4.79 Å². The number of hydrogen-bond donors (Lipinski definition) is 0. The fourth-order valence-electron chi connectivity index (χ4n) is 4.76. The Morgan fingerprint density at radius 3 is 2.19 bits per heavy atom. The molecular formula is C28H33NO3. The van der Waals surface area contributed by atoms with Crippen LogP contribution in [0, 0.1) is 0 Å². The highest BCUT2D eigenvalue weighted by Gasteiger charge is 2.35. The Morgan fingerprint density at radius 2 is 1.50 bits per heavy atom. The summed E-state index contributed by atoms with van der Waals surface area (Å²) in [6.07, 6.45) is 10.2. The SMILES string of the molecule is CC(=O)OC1(c2ccc(OCc3ccc4ccccc4n3)cc2)CCCCCCCCC1. The van der Waals surface area contributed by atoms with Gasteiger partial charge in [0.2, 0.25) is 0 Å². The second-order valence-corrected chi connectivity index (χ2v) is 8.87. The molecule has 32 heavy (non-hydrogen) atoms. The van der Waals surface area contributed by atoms with Crippen LogP contribution in [0.1, 0.15) is 76.0 Å². The number of benzene rings is 2. The summed E-state index contributed by atoms with van der Waals surface area (Å²) in [6.45, 7) is 1.94. The zero-order valence-corrected chi connectivity index (χ0v) is 19.0. The molecule has 0 spiro atoms.